The van der Waals surface area contributed by atoms with Crippen molar-refractivity contribution in [3.05, 3.63) is 60.2 Å². The molecule has 3 aromatic heterocycles. The van der Waals surface area contributed by atoms with Gasteiger partial charge in [-0.2, -0.15) is 5.10 Å². The lowest BCUT2D eigenvalue weighted by molar-refractivity contribution is -0.126. The highest BCUT2D eigenvalue weighted by molar-refractivity contribution is 5.92. The van der Waals surface area contributed by atoms with Crippen LogP contribution in [-0.2, 0) is 11.8 Å². The molecule has 4 rings (SSSR count). The molecule has 1 N–H and O–H groups in total. The fourth-order valence-corrected chi connectivity index (χ4v) is 3.46. The summed E-state index contributed by atoms with van der Waals surface area (Å²) >= 11 is 0. The summed E-state index contributed by atoms with van der Waals surface area (Å²) in [4.78, 5) is 32.0. The van der Waals surface area contributed by atoms with Crippen LogP contribution in [0.1, 0.15) is 36.1 Å². The first-order chi connectivity index (χ1) is 14.1. The molecule has 1 amide bonds. The number of rotatable bonds is 5. The third-order valence-electron chi connectivity index (χ3n) is 4.81. The zero-order valence-electron chi connectivity index (χ0n) is 16.4. The van der Waals surface area contributed by atoms with Gasteiger partial charge in [-0.05, 0) is 31.9 Å². The summed E-state index contributed by atoms with van der Waals surface area (Å²) in [5.41, 5.74) is 1.70. The van der Waals surface area contributed by atoms with Crippen molar-refractivity contribution in [2.45, 2.75) is 25.8 Å². The van der Waals surface area contributed by atoms with Gasteiger partial charge in [0.25, 0.3) is 0 Å². The first-order valence-electron chi connectivity index (χ1n) is 9.45. The van der Waals surface area contributed by atoms with Crippen LogP contribution in [0.2, 0.25) is 0 Å². The quantitative estimate of drug-likeness (QED) is 0.668. The number of aryl methyl sites for hydroxylation is 2. The molecule has 9 nitrogen and oxygen atoms in total. The van der Waals surface area contributed by atoms with E-state index in [2.05, 4.69) is 30.4 Å². The maximum Gasteiger partial charge on any atom is 0.247 e. The van der Waals surface area contributed by atoms with E-state index in [4.69, 9.17) is 0 Å². The Hall–Kier alpha value is -3.62. The summed E-state index contributed by atoms with van der Waals surface area (Å²) in [5.74, 6) is 1.85. The number of carbonyl (C=O) groups is 1. The average Bonchev–Trinajstić information content (AvgIpc) is 3.35. The zero-order valence-corrected chi connectivity index (χ0v) is 16.4. The number of hydrogen-bond donors (Lipinski definition) is 1. The van der Waals surface area contributed by atoms with E-state index in [1.54, 1.807) is 41.6 Å². The van der Waals surface area contributed by atoms with E-state index >= 15 is 0 Å². The fraction of sp³-hybridized carbons (Fsp3) is 0.300. The smallest absolute Gasteiger partial charge is 0.247 e. The molecule has 0 aliphatic carbocycles. The van der Waals surface area contributed by atoms with Gasteiger partial charge in [0.1, 0.15) is 17.5 Å². The van der Waals surface area contributed by atoms with Crippen molar-refractivity contribution in [3.63, 3.8) is 0 Å². The minimum absolute atomic E-state index is 0.0339. The van der Waals surface area contributed by atoms with Gasteiger partial charge < -0.3 is 10.2 Å². The number of amides is 1. The van der Waals surface area contributed by atoms with Crippen LogP contribution in [0.3, 0.4) is 0 Å². The monoisotopic (exact) mass is 390 g/mol. The van der Waals surface area contributed by atoms with Crippen LogP contribution < -0.4 is 5.32 Å². The van der Waals surface area contributed by atoms with Crippen molar-refractivity contribution >= 4 is 23.6 Å². The second-order valence-electron chi connectivity index (χ2n) is 6.84. The van der Waals surface area contributed by atoms with E-state index in [-0.39, 0.29) is 11.9 Å². The van der Waals surface area contributed by atoms with E-state index in [0.29, 0.717) is 24.0 Å². The van der Waals surface area contributed by atoms with Crippen LogP contribution in [0.25, 0.3) is 6.08 Å². The van der Waals surface area contributed by atoms with Crippen LogP contribution in [0.5, 0.6) is 0 Å². The molecule has 0 bridgehead atoms. The minimum atomic E-state index is -0.0807. The predicted molar refractivity (Wildman–Crippen MR) is 108 cm³/mol. The summed E-state index contributed by atoms with van der Waals surface area (Å²) in [7, 11) is 1.85. The molecule has 1 aliphatic heterocycles. The number of hydrogen-bond acceptors (Lipinski definition) is 7. The topological polar surface area (TPSA) is 102 Å². The second-order valence-corrected chi connectivity index (χ2v) is 6.84. The molecule has 1 aliphatic rings. The number of aromatic nitrogens is 6. The zero-order chi connectivity index (χ0) is 20.2. The van der Waals surface area contributed by atoms with Crippen LogP contribution in [0.4, 0.5) is 11.6 Å². The second kappa shape index (κ2) is 8.17. The van der Waals surface area contributed by atoms with Gasteiger partial charge in [0, 0.05) is 44.3 Å². The van der Waals surface area contributed by atoms with E-state index < -0.39 is 0 Å². The van der Waals surface area contributed by atoms with Crippen molar-refractivity contribution in [2.24, 2.45) is 7.05 Å². The van der Waals surface area contributed by atoms with Crippen LogP contribution >= 0.6 is 0 Å². The van der Waals surface area contributed by atoms with E-state index in [9.17, 15) is 4.79 Å². The summed E-state index contributed by atoms with van der Waals surface area (Å²) < 4.78 is 1.73. The largest absolute Gasteiger partial charge is 0.331 e. The molecule has 29 heavy (non-hydrogen) atoms. The lowest BCUT2D eigenvalue weighted by atomic mass is 10.1. The number of likely N-dealkylation sites (tertiary alicyclic amines) is 1. The van der Waals surface area contributed by atoms with Gasteiger partial charge in [-0.25, -0.2) is 15.0 Å². The molecule has 0 spiro atoms. The molecular formula is C20H22N8O. The molecule has 0 saturated carbocycles. The summed E-state index contributed by atoms with van der Waals surface area (Å²) in [6, 6.07) is 3.66. The fourth-order valence-electron chi connectivity index (χ4n) is 3.46. The van der Waals surface area contributed by atoms with Crippen LogP contribution in [0.15, 0.2) is 43.0 Å². The van der Waals surface area contributed by atoms with E-state index in [1.165, 1.54) is 0 Å². The van der Waals surface area contributed by atoms with Crippen LogP contribution in [0, 0.1) is 6.92 Å². The lowest BCUT2D eigenvalue weighted by Crippen LogP contribution is -2.29. The summed E-state index contributed by atoms with van der Waals surface area (Å²) in [6.45, 7) is 2.55. The number of nitrogens with zero attached hydrogens (tertiary/aromatic N) is 7. The predicted octanol–water partition coefficient (Wildman–Crippen LogP) is 2.43. The highest BCUT2D eigenvalue weighted by atomic mass is 16.2. The van der Waals surface area contributed by atoms with Gasteiger partial charge in [-0.3, -0.25) is 14.5 Å². The summed E-state index contributed by atoms with van der Waals surface area (Å²) in [6.07, 6.45) is 11.8. The third-order valence-corrected chi connectivity index (χ3v) is 4.81. The van der Waals surface area contributed by atoms with E-state index in [1.807, 2.05) is 31.0 Å². The number of anilines is 2. The standard InChI is InChI=1S/C20H22N8O/c1-14-24-16(12-18(25-14)26-19-13-21-9-10-22-19)17-4-3-11-28(17)20(29)6-5-15-7-8-23-27(15)2/h5-10,12-13,17H,3-4,11H2,1-2H3,(H,22,24,25,26)/b6-5+. The highest BCUT2D eigenvalue weighted by Crippen LogP contribution is 2.32. The minimum Gasteiger partial charge on any atom is -0.331 e. The Bertz CT molecular complexity index is 1030. The van der Waals surface area contributed by atoms with Crippen molar-refractivity contribution in [3.8, 4) is 0 Å². The van der Waals surface area contributed by atoms with Crippen molar-refractivity contribution in [1.82, 2.24) is 34.6 Å². The molecule has 0 radical (unpaired) electrons. The van der Waals surface area contributed by atoms with Crippen LogP contribution in [-0.4, -0.2) is 47.1 Å². The molecule has 1 fully saturated rings. The summed E-state index contributed by atoms with van der Waals surface area (Å²) in [5, 5.41) is 7.27. The average molecular weight is 390 g/mol. The van der Waals surface area contributed by atoms with Gasteiger partial charge in [-0.15, -0.1) is 0 Å². The Morgan fingerprint density at radius 2 is 2.14 bits per heavy atom. The Labute approximate surface area is 168 Å². The van der Waals surface area contributed by atoms with Crippen molar-refractivity contribution < 1.29 is 4.79 Å². The normalized spacial score (nSPS) is 16.5. The molecule has 9 heteroatoms. The van der Waals surface area contributed by atoms with Gasteiger partial charge in [-0.1, -0.05) is 0 Å². The first-order valence-corrected chi connectivity index (χ1v) is 9.45. The van der Waals surface area contributed by atoms with Gasteiger partial charge in [0.05, 0.1) is 23.6 Å². The molecule has 1 atom stereocenters. The van der Waals surface area contributed by atoms with Crippen molar-refractivity contribution in [1.29, 1.82) is 0 Å². The number of carbonyl (C=O) groups excluding carboxylic acids is 1. The van der Waals surface area contributed by atoms with Gasteiger partial charge in [0.15, 0.2) is 0 Å². The Kier molecular flexibility index (Phi) is 5.28. The molecular weight excluding hydrogens is 368 g/mol. The van der Waals surface area contributed by atoms with Gasteiger partial charge >= 0.3 is 0 Å². The molecule has 0 aromatic carbocycles. The first kappa shape index (κ1) is 18.7. The maximum atomic E-state index is 12.8. The molecule has 1 unspecified atom stereocenters. The van der Waals surface area contributed by atoms with E-state index in [0.717, 1.165) is 24.2 Å². The lowest BCUT2D eigenvalue weighted by Gasteiger charge is -2.23. The molecule has 4 heterocycles. The highest BCUT2D eigenvalue weighted by Gasteiger charge is 2.30. The molecule has 3 aromatic rings. The maximum absolute atomic E-state index is 12.8. The van der Waals surface area contributed by atoms with Crippen molar-refractivity contribution in [2.75, 3.05) is 11.9 Å². The SMILES string of the molecule is Cc1nc(Nc2cnccn2)cc(C2CCCN2C(=O)/C=C/c2ccnn2C)n1. The Morgan fingerprint density at radius 3 is 2.90 bits per heavy atom. The van der Waals surface area contributed by atoms with Gasteiger partial charge in [0.2, 0.25) is 5.91 Å². The number of nitrogens with one attached hydrogen (secondary N) is 1. The Morgan fingerprint density at radius 1 is 1.24 bits per heavy atom. The molecule has 148 valence electrons. The third kappa shape index (κ3) is 4.29. The Balaban J connectivity index is 1.54. The molecule has 1 saturated heterocycles.